The summed E-state index contributed by atoms with van der Waals surface area (Å²) in [4.78, 5) is 5.06. The standard InChI is InChI=1S/C62H45BN2/c1-42-26-34-53(43(2)38-42)54-39-49(45-18-9-4-10-19-45)29-35-57(54)65-59-37-31-51(47-22-13-6-14-23-47)41-56(59)63-55-40-50(46-20-11-5-12-21-46)30-36-58(55)64(60-24-15-25-61(65)62(60)63)52-32-27-48(28-33-52)44-16-7-3-8-17-44/h3-41H,1-2H3. The summed E-state index contributed by atoms with van der Waals surface area (Å²) >= 11 is 0. The third-order valence-corrected chi connectivity index (χ3v) is 13.5. The third-order valence-electron chi connectivity index (χ3n) is 13.5. The van der Waals surface area contributed by atoms with E-state index in [9.17, 15) is 0 Å². The zero-order chi connectivity index (χ0) is 43.4. The molecule has 0 N–H and O–H groups in total. The monoisotopic (exact) mass is 828 g/mol. The fourth-order valence-corrected chi connectivity index (χ4v) is 10.4. The second-order valence-electron chi connectivity index (χ2n) is 17.4. The zero-order valence-electron chi connectivity index (χ0n) is 36.5. The van der Waals surface area contributed by atoms with E-state index in [2.05, 4.69) is 260 Å². The van der Waals surface area contributed by atoms with Crippen molar-refractivity contribution >= 4 is 57.2 Å². The molecule has 10 aromatic rings. The van der Waals surface area contributed by atoms with Crippen molar-refractivity contribution in [3.63, 3.8) is 0 Å². The molecule has 0 spiro atoms. The predicted molar refractivity (Wildman–Crippen MR) is 277 cm³/mol. The summed E-state index contributed by atoms with van der Waals surface area (Å²) in [6.07, 6.45) is 0. The van der Waals surface area contributed by atoms with Crippen molar-refractivity contribution in [1.29, 1.82) is 0 Å². The zero-order valence-corrected chi connectivity index (χ0v) is 36.5. The third kappa shape index (κ3) is 6.67. The average Bonchev–Trinajstić information content (AvgIpc) is 3.37. The van der Waals surface area contributed by atoms with Gasteiger partial charge >= 0.3 is 0 Å². The van der Waals surface area contributed by atoms with Crippen molar-refractivity contribution in [2.45, 2.75) is 13.8 Å². The van der Waals surface area contributed by atoms with Crippen LogP contribution in [0.5, 0.6) is 0 Å². The Balaban J connectivity index is 1.14. The summed E-state index contributed by atoms with van der Waals surface area (Å²) < 4.78 is 0. The van der Waals surface area contributed by atoms with Gasteiger partial charge in [-0.3, -0.25) is 0 Å². The molecular formula is C62H45BN2. The van der Waals surface area contributed by atoms with Crippen LogP contribution in [0.1, 0.15) is 11.1 Å². The quantitative estimate of drug-likeness (QED) is 0.148. The molecule has 2 nitrogen and oxygen atoms in total. The van der Waals surface area contributed by atoms with Gasteiger partial charge in [0.05, 0.1) is 5.69 Å². The number of anilines is 6. The Morgan fingerprint density at radius 3 is 1.25 bits per heavy atom. The first-order chi connectivity index (χ1) is 32.1. The molecule has 2 heterocycles. The van der Waals surface area contributed by atoms with Crippen LogP contribution >= 0.6 is 0 Å². The van der Waals surface area contributed by atoms with Crippen molar-refractivity contribution in [2.75, 3.05) is 9.80 Å². The van der Waals surface area contributed by atoms with Crippen molar-refractivity contribution in [1.82, 2.24) is 0 Å². The number of nitrogens with zero attached hydrogens (tertiary/aromatic N) is 2. The van der Waals surface area contributed by atoms with Crippen LogP contribution < -0.4 is 26.2 Å². The van der Waals surface area contributed by atoms with Gasteiger partial charge in [-0.05, 0) is 134 Å². The maximum atomic E-state index is 2.56. The van der Waals surface area contributed by atoms with Crippen LogP contribution in [0, 0.1) is 13.8 Å². The minimum atomic E-state index is -0.0391. The first-order valence-electron chi connectivity index (χ1n) is 22.6. The molecule has 0 saturated carbocycles. The maximum absolute atomic E-state index is 2.56. The van der Waals surface area contributed by atoms with Crippen LogP contribution in [-0.4, -0.2) is 6.71 Å². The molecule has 306 valence electrons. The van der Waals surface area contributed by atoms with E-state index in [4.69, 9.17) is 0 Å². The highest BCUT2D eigenvalue weighted by Gasteiger charge is 2.44. The number of benzene rings is 10. The van der Waals surface area contributed by atoms with E-state index in [-0.39, 0.29) is 6.71 Å². The molecule has 0 bridgehead atoms. The molecule has 0 aromatic heterocycles. The van der Waals surface area contributed by atoms with E-state index in [0.29, 0.717) is 0 Å². The molecule has 0 saturated heterocycles. The van der Waals surface area contributed by atoms with Crippen LogP contribution in [0.25, 0.3) is 55.6 Å². The molecule has 0 radical (unpaired) electrons. The molecule has 0 fully saturated rings. The first kappa shape index (κ1) is 38.5. The van der Waals surface area contributed by atoms with Gasteiger partial charge in [-0.15, -0.1) is 0 Å². The highest BCUT2D eigenvalue weighted by molar-refractivity contribution is 7.00. The summed E-state index contributed by atoms with van der Waals surface area (Å²) in [6, 6.07) is 87.4. The Bertz CT molecular complexity index is 3380. The van der Waals surface area contributed by atoms with Crippen molar-refractivity contribution in [3.05, 3.63) is 248 Å². The fourth-order valence-electron chi connectivity index (χ4n) is 10.4. The largest absolute Gasteiger partial charge is 0.311 e. The van der Waals surface area contributed by atoms with Gasteiger partial charge in [0.25, 0.3) is 6.71 Å². The van der Waals surface area contributed by atoms with Gasteiger partial charge in [0.1, 0.15) is 0 Å². The normalized spacial score (nSPS) is 12.4. The second kappa shape index (κ2) is 15.9. The number of rotatable bonds is 7. The number of fused-ring (bicyclic) bond motifs is 4. The van der Waals surface area contributed by atoms with Crippen molar-refractivity contribution in [2.24, 2.45) is 0 Å². The van der Waals surface area contributed by atoms with Gasteiger partial charge in [0, 0.05) is 34.0 Å². The Morgan fingerprint density at radius 2 is 0.723 bits per heavy atom. The molecule has 65 heavy (non-hydrogen) atoms. The number of aryl methyl sites for hydroxylation is 2. The Kier molecular flexibility index (Phi) is 9.42. The van der Waals surface area contributed by atoms with E-state index in [1.54, 1.807) is 0 Å². The maximum Gasteiger partial charge on any atom is 0.252 e. The van der Waals surface area contributed by atoms with Gasteiger partial charge in [-0.1, -0.05) is 194 Å². The molecule has 0 aliphatic carbocycles. The first-order valence-corrected chi connectivity index (χ1v) is 22.6. The minimum Gasteiger partial charge on any atom is -0.311 e. The summed E-state index contributed by atoms with van der Waals surface area (Å²) in [5.74, 6) is 0. The van der Waals surface area contributed by atoms with Gasteiger partial charge < -0.3 is 9.80 Å². The topological polar surface area (TPSA) is 6.48 Å². The summed E-state index contributed by atoms with van der Waals surface area (Å²) in [6.45, 7) is 4.39. The molecule has 2 aliphatic heterocycles. The van der Waals surface area contributed by atoms with E-state index >= 15 is 0 Å². The van der Waals surface area contributed by atoms with Gasteiger partial charge in [0.2, 0.25) is 0 Å². The van der Waals surface area contributed by atoms with E-state index in [1.165, 1.54) is 106 Å². The van der Waals surface area contributed by atoms with Crippen LogP contribution in [0.4, 0.5) is 34.1 Å². The number of hydrogen-bond donors (Lipinski definition) is 0. The second-order valence-corrected chi connectivity index (χ2v) is 17.4. The van der Waals surface area contributed by atoms with Crippen molar-refractivity contribution < 1.29 is 0 Å². The molecule has 0 unspecified atom stereocenters. The predicted octanol–water partition coefficient (Wildman–Crippen LogP) is 14.7. The van der Waals surface area contributed by atoms with E-state index in [0.717, 1.165) is 11.4 Å². The van der Waals surface area contributed by atoms with Gasteiger partial charge in [0.15, 0.2) is 0 Å². The molecule has 0 atom stereocenters. The highest BCUT2D eigenvalue weighted by Crippen LogP contribution is 2.48. The lowest BCUT2D eigenvalue weighted by Crippen LogP contribution is -2.61. The Labute approximate surface area is 382 Å². The lowest BCUT2D eigenvalue weighted by Gasteiger charge is -2.44. The Morgan fingerprint density at radius 1 is 0.292 bits per heavy atom. The molecule has 0 amide bonds. The van der Waals surface area contributed by atoms with Gasteiger partial charge in [-0.25, -0.2) is 0 Å². The lowest BCUT2D eigenvalue weighted by atomic mass is 9.33. The summed E-state index contributed by atoms with van der Waals surface area (Å²) in [5.41, 5.74) is 25.5. The van der Waals surface area contributed by atoms with Gasteiger partial charge in [-0.2, -0.15) is 0 Å². The molecule has 2 aliphatic rings. The van der Waals surface area contributed by atoms with E-state index in [1.807, 2.05) is 0 Å². The minimum absolute atomic E-state index is 0.0391. The van der Waals surface area contributed by atoms with Crippen LogP contribution in [-0.2, 0) is 0 Å². The van der Waals surface area contributed by atoms with Crippen LogP contribution in [0.2, 0.25) is 0 Å². The van der Waals surface area contributed by atoms with Crippen molar-refractivity contribution in [3.8, 4) is 55.6 Å². The SMILES string of the molecule is Cc1ccc(-c2cc(-c3ccccc3)ccc2N2c3ccc(-c4ccccc4)cc3B3c4cc(-c5ccccc5)ccc4N(c4ccc(-c5ccccc5)cc4)c4cccc2c43)c(C)c1. The molecular weight excluding hydrogens is 784 g/mol. The lowest BCUT2D eigenvalue weighted by molar-refractivity contribution is 1.25. The molecule has 12 rings (SSSR count). The van der Waals surface area contributed by atoms with Crippen LogP contribution in [0.15, 0.2) is 237 Å². The number of hydrogen-bond acceptors (Lipinski definition) is 2. The smallest absolute Gasteiger partial charge is 0.252 e. The Hall–Kier alpha value is -8.14. The average molecular weight is 829 g/mol. The summed E-state index contributed by atoms with van der Waals surface area (Å²) in [5, 5.41) is 0. The molecule has 3 heteroatoms. The van der Waals surface area contributed by atoms with E-state index < -0.39 is 0 Å². The van der Waals surface area contributed by atoms with Crippen LogP contribution in [0.3, 0.4) is 0 Å². The molecule has 10 aromatic carbocycles. The highest BCUT2D eigenvalue weighted by atomic mass is 15.2. The summed E-state index contributed by atoms with van der Waals surface area (Å²) in [7, 11) is 0. The fraction of sp³-hybridized carbons (Fsp3) is 0.0323.